The van der Waals surface area contributed by atoms with E-state index in [2.05, 4.69) is 49.7 Å². The average Bonchev–Trinajstić information content (AvgIpc) is 2.73. The maximum Gasteiger partial charge on any atom is 0.243 e. The molecule has 1 fully saturated rings. The number of hydrogen-bond acceptors (Lipinski definition) is 6. The minimum atomic E-state index is 0.490. The maximum absolute atomic E-state index is 6.05. The third-order valence-corrected chi connectivity index (χ3v) is 4.68. The molecule has 0 atom stereocenters. The highest BCUT2D eigenvalue weighted by Crippen LogP contribution is 2.21. The van der Waals surface area contributed by atoms with E-state index in [0.717, 1.165) is 43.1 Å². The first-order chi connectivity index (χ1) is 13.3. The Morgan fingerprint density at radius 3 is 2.67 bits per heavy atom. The summed E-state index contributed by atoms with van der Waals surface area (Å²) in [6.07, 6.45) is 1.63. The van der Waals surface area contributed by atoms with Crippen molar-refractivity contribution in [3.8, 4) is 11.3 Å². The standard InChI is InChI=1S/C20H20ClN5O/c21-17-3-1-2-16(12-17)19-14-23-25-20(24-19)22-13-15-4-6-18(7-5-15)26-8-10-27-11-9-26/h1-7,12,14H,8-11,13H2,(H,22,24,25). The molecule has 2 aromatic carbocycles. The summed E-state index contributed by atoms with van der Waals surface area (Å²) in [6, 6.07) is 16.1. The second-order valence-corrected chi connectivity index (χ2v) is 6.73. The molecule has 0 unspecified atom stereocenters. The zero-order chi connectivity index (χ0) is 18.5. The van der Waals surface area contributed by atoms with Gasteiger partial charge >= 0.3 is 0 Å². The van der Waals surface area contributed by atoms with Gasteiger partial charge in [0.2, 0.25) is 5.95 Å². The van der Waals surface area contributed by atoms with Gasteiger partial charge in [0.25, 0.3) is 0 Å². The van der Waals surface area contributed by atoms with Crippen LogP contribution < -0.4 is 10.2 Å². The van der Waals surface area contributed by atoms with Crippen LogP contribution >= 0.6 is 11.6 Å². The molecule has 1 aromatic heterocycles. The SMILES string of the molecule is Clc1cccc(-c2cnnc(NCc3ccc(N4CCOCC4)cc3)n2)c1. The molecule has 138 valence electrons. The molecule has 27 heavy (non-hydrogen) atoms. The van der Waals surface area contributed by atoms with Crippen LogP contribution in [0.15, 0.2) is 54.7 Å². The van der Waals surface area contributed by atoms with Crippen molar-refractivity contribution in [1.29, 1.82) is 0 Å². The summed E-state index contributed by atoms with van der Waals surface area (Å²) in [5.74, 6) is 0.490. The van der Waals surface area contributed by atoms with Crippen molar-refractivity contribution >= 4 is 23.2 Å². The summed E-state index contributed by atoms with van der Waals surface area (Å²) in [7, 11) is 0. The first-order valence-corrected chi connectivity index (χ1v) is 9.27. The Bertz CT molecular complexity index is 897. The number of morpholine rings is 1. The van der Waals surface area contributed by atoms with Crippen molar-refractivity contribution in [3.05, 3.63) is 65.3 Å². The number of halogens is 1. The normalized spacial score (nSPS) is 14.2. The molecule has 0 radical (unpaired) electrons. The molecule has 7 heteroatoms. The zero-order valence-corrected chi connectivity index (χ0v) is 15.6. The van der Waals surface area contributed by atoms with E-state index in [1.807, 2.05) is 24.3 Å². The summed E-state index contributed by atoms with van der Waals surface area (Å²) >= 11 is 6.05. The fourth-order valence-corrected chi connectivity index (χ4v) is 3.18. The van der Waals surface area contributed by atoms with Gasteiger partial charge in [-0.3, -0.25) is 0 Å². The van der Waals surface area contributed by atoms with Gasteiger partial charge in [0.05, 0.1) is 25.1 Å². The molecule has 6 nitrogen and oxygen atoms in total. The van der Waals surface area contributed by atoms with Crippen LogP contribution in [0.4, 0.5) is 11.6 Å². The number of anilines is 2. The Morgan fingerprint density at radius 2 is 1.89 bits per heavy atom. The third-order valence-electron chi connectivity index (χ3n) is 4.44. The largest absolute Gasteiger partial charge is 0.378 e. The number of benzene rings is 2. The van der Waals surface area contributed by atoms with Crippen LogP contribution in [-0.2, 0) is 11.3 Å². The fourth-order valence-electron chi connectivity index (χ4n) is 2.99. The van der Waals surface area contributed by atoms with Crippen LogP contribution in [0.3, 0.4) is 0 Å². The zero-order valence-electron chi connectivity index (χ0n) is 14.8. The van der Waals surface area contributed by atoms with E-state index in [9.17, 15) is 0 Å². The van der Waals surface area contributed by atoms with Crippen LogP contribution in [-0.4, -0.2) is 41.5 Å². The number of aromatic nitrogens is 3. The van der Waals surface area contributed by atoms with Crippen LogP contribution in [0.25, 0.3) is 11.3 Å². The van der Waals surface area contributed by atoms with Crippen LogP contribution in [0, 0.1) is 0 Å². The smallest absolute Gasteiger partial charge is 0.243 e. The molecule has 3 aromatic rings. The first kappa shape index (κ1) is 17.7. The molecule has 0 saturated carbocycles. The topological polar surface area (TPSA) is 63.2 Å². The summed E-state index contributed by atoms with van der Waals surface area (Å²) in [5.41, 5.74) is 4.03. The maximum atomic E-state index is 6.05. The van der Waals surface area contributed by atoms with Crippen LogP contribution in [0.5, 0.6) is 0 Å². The van der Waals surface area contributed by atoms with Crippen molar-refractivity contribution in [2.75, 3.05) is 36.5 Å². The van der Waals surface area contributed by atoms with E-state index in [1.54, 1.807) is 6.20 Å². The molecule has 1 aliphatic heterocycles. The summed E-state index contributed by atoms with van der Waals surface area (Å²) in [5, 5.41) is 12.0. The van der Waals surface area contributed by atoms with E-state index < -0.39 is 0 Å². The lowest BCUT2D eigenvalue weighted by Crippen LogP contribution is -2.36. The lowest BCUT2D eigenvalue weighted by molar-refractivity contribution is 0.122. The molecule has 0 aliphatic carbocycles. The quantitative estimate of drug-likeness (QED) is 0.728. The number of nitrogens with one attached hydrogen (secondary N) is 1. The van der Waals surface area contributed by atoms with E-state index in [4.69, 9.17) is 16.3 Å². The molecule has 0 amide bonds. The van der Waals surface area contributed by atoms with Gasteiger partial charge in [-0.25, -0.2) is 4.98 Å². The highest BCUT2D eigenvalue weighted by molar-refractivity contribution is 6.30. The van der Waals surface area contributed by atoms with E-state index in [0.29, 0.717) is 17.5 Å². The summed E-state index contributed by atoms with van der Waals surface area (Å²) in [4.78, 5) is 6.86. The second-order valence-electron chi connectivity index (χ2n) is 6.29. The number of rotatable bonds is 5. The molecule has 1 N–H and O–H groups in total. The van der Waals surface area contributed by atoms with Gasteiger partial charge in [-0.2, -0.15) is 5.10 Å². The Balaban J connectivity index is 1.40. The Hall–Kier alpha value is -2.70. The molecule has 0 spiro atoms. The Labute approximate surface area is 163 Å². The predicted molar refractivity (Wildman–Crippen MR) is 107 cm³/mol. The third kappa shape index (κ3) is 4.53. The minimum absolute atomic E-state index is 0.490. The molecule has 1 saturated heterocycles. The lowest BCUT2D eigenvalue weighted by Gasteiger charge is -2.28. The van der Waals surface area contributed by atoms with Gasteiger partial charge in [-0.15, -0.1) is 5.10 Å². The molecule has 2 heterocycles. The van der Waals surface area contributed by atoms with E-state index in [1.165, 1.54) is 5.69 Å². The summed E-state index contributed by atoms with van der Waals surface area (Å²) in [6.45, 7) is 4.08. The first-order valence-electron chi connectivity index (χ1n) is 8.89. The minimum Gasteiger partial charge on any atom is -0.378 e. The molecule has 0 bridgehead atoms. The van der Waals surface area contributed by atoms with Gasteiger partial charge in [0.15, 0.2) is 0 Å². The second kappa shape index (κ2) is 8.33. The predicted octanol–water partition coefficient (Wildman–Crippen LogP) is 3.64. The van der Waals surface area contributed by atoms with Crippen molar-refractivity contribution in [3.63, 3.8) is 0 Å². The fraction of sp³-hybridized carbons (Fsp3) is 0.250. The Morgan fingerprint density at radius 1 is 1.07 bits per heavy atom. The van der Waals surface area contributed by atoms with Crippen LogP contribution in [0.1, 0.15) is 5.56 Å². The van der Waals surface area contributed by atoms with Crippen LogP contribution in [0.2, 0.25) is 5.02 Å². The molecule has 4 rings (SSSR count). The van der Waals surface area contributed by atoms with Crippen molar-refractivity contribution < 1.29 is 4.74 Å². The van der Waals surface area contributed by atoms with Gasteiger partial charge in [0.1, 0.15) is 0 Å². The molecular weight excluding hydrogens is 362 g/mol. The Kier molecular flexibility index (Phi) is 5.46. The van der Waals surface area contributed by atoms with Gasteiger partial charge < -0.3 is 15.0 Å². The molecular formula is C20H20ClN5O. The summed E-state index contributed by atoms with van der Waals surface area (Å²) < 4.78 is 5.40. The van der Waals surface area contributed by atoms with Gasteiger partial charge in [-0.1, -0.05) is 35.9 Å². The van der Waals surface area contributed by atoms with E-state index in [-0.39, 0.29) is 0 Å². The number of hydrogen-bond donors (Lipinski definition) is 1. The highest BCUT2D eigenvalue weighted by Gasteiger charge is 2.11. The van der Waals surface area contributed by atoms with E-state index >= 15 is 0 Å². The van der Waals surface area contributed by atoms with Gasteiger partial charge in [-0.05, 0) is 29.8 Å². The average molecular weight is 382 g/mol. The number of ether oxygens (including phenoxy) is 1. The molecule has 1 aliphatic rings. The van der Waals surface area contributed by atoms with Gasteiger partial charge in [0, 0.05) is 35.9 Å². The van der Waals surface area contributed by atoms with Crippen molar-refractivity contribution in [1.82, 2.24) is 15.2 Å². The monoisotopic (exact) mass is 381 g/mol. The number of nitrogens with zero attached hydrogens (tertiary/aromatic N) is 4. The van der Waals surface area contributed by atoms with Crippen molar-refractivity contribution in [2.45, 2.75) is 6.54 Å². The highest BCUT2D eigenvalue weighted by atomic mass is 35.5. The lowest BCUT2D eigenvalue weighted by atomic mass is 10.2. The van der Waals surface area contributed by atoms with Crippen molar-refractivity contribution in [2.24, 2.45) is 0 Å².